The molecule has 27 heavy (non-hydrogen) atoms. The fourth-order valence-corrected chi connectivity index (χ4v) is 5.22. The van der Waals surface area contributed by atoms with Crippen LogP contribution in [-0.4, -0.2) is 28.9 Å². The minimum atomic E-state index is -4.21. The number of rotatable bonds is 4. The molecule has 140 valence electrons. The van der Waals surface area contributed by atoms with Crippen molar-refractivity contribution in [3.8, 4) is 11.5 Å². The summed E-state index contributed by atoms with van der Waals surface area (Å²) in [6.07, 6.45) is 2.92. The predicted octanol–water partition coefficient (Wildman–Crippen LogP) is 3.67. The zero-order valence-electron chi connectivity index (χ0n) is 13.6. The van der Waals surface area contributed by atoms with Crippen molar-refractivity contribution in [2.24, 2.45) is 7.05 Å². The molecule has 3 rings (SSSR count). The summed E-state index contributed by atoms with van der Waals surface area (Å²) in [5, 5.41) is 0.331. The van der Waals surface area contributed by atoms with Gasteiger partial charge in [-0.1, -0.05) is 29.3 Å². The highest BCUT2D eigenvalue weighted by Gasteiger charge is 2.26. The number of pyridine rings is 1. The van der Waals surface area contributed by atoms with Crippen molar-refractivity contribution in [2.75, 3.05) is 0 Å². The van der Waals surface area contributed by atoms with Crippen LogP contribution < -0.4 is 4.72 Å². The van der Waals surface area contributed by atoms with Crippen LogP contribution in [0.15, 0.2) is 52.1 Å². The van der Waals surface area contributed by atoms with Crippen molar-refractivity contribution >= 4 is 55.1 Å². The second kappa shape index (κ2) is 7.59. The van der Waals surface area contributed by atoms with Crippen LogP contribution in [0.1, 0.15) is 10.5 Å². The average molecular weight is 490 g/mol. The first kappa shape index (κ1) is 19.8. The largest absolute Gasteiger partial charge is 0.332 e. The molecule has 11 heteroatoms. The molecule has 0 atom stereocenters. The third kappa shape index (κ3) is 4.01. The number of nitrogens with one attached hydrogen (secondary N) is 1. The van der Waals surface area contributed by atoms with E-state index < -0.39 is 15.9 Å². The van der Waals surface area contributed by atoms with Crippen molar-refractivity contribution in [1.82, 2.24) is 19.3 Å². The minimum Gasteiger partial charge on any atom is -0.332 e. The Bertz CT molecular complexity index is 1130. The van der Waals surface area contributed by atoms with Crippen molar-refractivity contribution in [3.63, 3.8) is 0 Å². The molecule has 0 aliphatic carbocycles. The number of aryl methyl sites for hydroxylation is 1. The van der Waals surface area contributed by atoms with Crippen LogP contribution in [0.3, 0.4) is 0 Å². The first-order valence-corrected chi connectivity index (χ1v) is 10.4. The van der Waals surface area contributed by atoms with Gasteiger partial charge in [0.15, 0.2) is 5.82 Å². The van der Waals surface area contributed by atoms with Gasteiger partial charge in [0.05, 0.1) is 10.0 Å². The SMILES string of the molecule is Cn1cc(C(=O)NS(=O)(=O)c2c(Cl)cccc2Br)nc1-c1ncccc1Cl. The number of hydrogen-bond donors (Lipinski definition) is 1. The van der Waals surface area contributed by atoms with Crippen molar-refractivity contribution in [3.05, 3.63) is 62.9 Å². The average Bonchev–Trinajstić information content (AvgIpc) is 2.96. The van der Waals surface area contributed by atoms with Crippen molar-refractivity contribution < 1.29 is 13.2 Å². The topological polar surface area (TPSA) is 94.0 Å². The summed E-state index contributed by atoms with van der Waals surface area (Å²) in [7, 11) is -2.57. The summed E-state index contributed by atoms with van der Waals surface area (Å²) < 4.78 is 28.8. The van der Waals surface area contributed by atoms with E-state index in [0.29, 0.717) is 16.5 Å². The summed E-state index contributed by atoms with van der Waals surface area (Å²) >= 11 is 15.2. The molecular weight excluding hydrogens is 479 g/mol. The van der Waals surface area contributed by atoms with Gasteiger partial charge in [-0.25, -0.2) is 18.1 Å². The van der Waals surface area contributed by atoms with E-state index in [1.165, 1.54) is 29.1 Å². The van der Waals surface area contributed by atoms with Gasteiger partial charge >= 0.3 is 0 Å². The summed E-state index contributed by atoms with van der Waals surface area (Å²) in [5.74, 6) is -0.585. The van der Waals surface area contributed by atoms with Gasteiger partial charge in [0.2, 0.25) is 0 Å². The molecule has 0 spiro atoms. The van der Waals surface area contributed by atoms with E-state index in [1.54, 1.807) is 25.2 Å². The van der Waals surface area contributed by atoms with E-state index in [0.717, 1.165) is 0 Å². The second-order valence-corrected chi connectivity index (χ2v) is 8.67. The minimum absolute atomic E-state index is 0.0216. The lowest BCUT2D eigenvalue weighted by Gasteiger charge is -2.09. The first-order valence-electron chi connectivity index (χ1n) is 7.36. The molecule has 2 heterocycles. The van der Waals surface area contributed by atoms with Crippen LogP contribution in [0.2, 0.25) is 10.0 Å². The van der Waals surface area contributed by atoms with E-state index >= 15 is 0 Å². The molecule has 0 saturated heterocycles. The molecule has 1 N–H and O–H groups in total. The van der Waals surface area contributed by atoms with Crippen LogP contribution >= 0.6 is 39.1 Å². The molecule has 1 amide bonds. The monoisotopic (exact) mass is 488 g/mol. The maximum atomic E-state index is 12.6. The Morgan fingerprint density at radius 2 is 1.89 bits per heavy atom. The fraction of sp³-hybridized carbons (Fsp3) is 0.0625. The van der Waals surface area contributed by atoms with Crippen molar-refractivity contribution in [2.45, 2.75) is 4.90 Å². The third-order valence-corrected chi connectivity index (χ3v) is 6.58. The van der Waals surface area contributed by atoms with E-state index in [1.807, 2.05) is 4.72 Å². The van der Waals surface area contributed by atoms with Gasteiger partial charge in [0.1, 0.15) is 16.3 Å². The lowest BCUT2D eigenvalue weighted by Crippen LogP contribution is -2.31. The molecule has 0 fully saturated rings. The highest BCUT2D eigenvalue weighted by molar-refractivity contribution is 9.10. The van der Waals surface area contributed by atoms with E-state index in [2.05, 4.69) is 25.9 Å². The fourth-order valence-electron chi connectivity index (χ4n) is 2.31. The Morgan fingerprint density at radius 3 is 2.56 bits per heavy atom. The Balaban J connectivity index is 1.94. The van der Waals surface area contributed by atoms with Crippen LogP contribution in [0, 0.1) is 0 Å². The highest BCUT2D eigenvalue weighted by atomic mass is 79.9. The lowest BCUT2D eigenvalue weighted by atomic mass is 10.3. The number of carbonyl (C=O) groups excluding carboxylic acids is 1. The summed E-state index contributed by atoms with van der Waals surface area (Å²) in [5.41, 5.74) is 0.262. The number of sulfonamides is 1. The molecule has 0 radical (unpaired) electrons. The van der Waals surface area contributed by atoms with Gasteiger partial charge in [-0.05, 0) is 40.2 Å². The molecule has 0 aliphatic rings. The third-order valence-electron chi connectivity index (χ3n) is 3.49. The zero-order valence-corrected chi connectivity index (χ0v) is 17.6. The molecule has 3 aromatic rings. The molecule has 0 bridgehead atoms. The molecule has 0 unspecified atom stereocenters. The molecular formula is C16H11BrCl2N4O3S. The number of nitrogens with zero attached hydrogens (tertiary/aromatic N) is 3. The summed E-state index contributed by atoms with van der Waals surface area (Å²) in [4.78, 5) is 20.5. The van der Waals surface area contributed by atoms with Crippen LogP contribution in [0.4, 0.5) is 0 Å². The highest BCUT2D eigenvalue weighted by Crippen LogP contribution is 2.29. The Labute approximate surface area is 173 Å². The lowest BCUT2D eigenvalue weighted by molar-refractivity contribution is 0.0977. The van der Waals surface area contributed by atoms with E-state index in [9.17, 15) is 13.2 Å². The molecule has 1 aromatic carbocycles. The van der Waals surface area contributed by atoms with E-state index in [4.69, 9.17) is 23.2 Å². The van der Waals surface area contributed by atoms with Gasteiger partial charge < -0.3 is 4.57 Å². The number of aromatic nitrogens is 3. The number of amides is 1. The zero-order chi connectivity index (χ0) is 19.8. The quantitative estimate of drug-likeness (QED) is 0.603. The Hall–Kier alpha value is -1.94. The smallest absolute Gasteiger partial charge is 0.285 e. The number of benzene rings is 1. The van der Waals surface area contributed by atoms with Gasteiger partial charge in [-0.15, -0.1) is 0 Å². The first-order chi connectivity index (χ1) is 12.7. The van der Waals surface area contributed by atoms with Crippen LogP contribution in [-0.2, 0) is 17.1 Å². The maximum Gasteiger partial charge on any atom is 0.285 e. The number of hydrogen-bond acceptors (Lipinski definition) is 5. The second-order valence-electron chi connectivity index (χ2n) is 5.38. The summed E-state index contributed by atoms with van der Waals surface area (Å²) in [6, 6.07) is 7.79. The molecule has 0 aliphatic heterocycles. The standard InChI is InChI=1S/C16H11BrCl2N4O3S/c1-23-8-12(21-15(23)13-10(18)6-3-7-20-13)16(24)22-27(25,26)14-9(17)4-2-5-11(14)19/h2-8H,1H3,(H,22,24). The normalized spacial score (nSPS) is 11.4. The number of halogens is 3. The molecule has 7 nitrogen and oxygen atoms in total. The van der Waals surface area contributed by atoms with Crippen LogP contribution in [0.25, 0.3) is 11.5 Å². The van der Waals surface area contributed by atoms with E-state index in [-0.39, 0.29) is 20.1 Å². The number of imidazole rings is 1. The van der Waals surface area contributed by atoms with Gasteiger partial charge in [-0.3, -0.25) is 9.78 Å². The van der Waals surface area contributed by atoms with Crippen LogP contribution in [0.5, 0.6) is 0 Å². The van der Waals surface area contributed by atoms with Gasteiger partial charge in [0, 0.05) is 23.9 Å². The van der Waals surface area contributed by atoms with Gasteiger partial charge in [0.25, 0.3) is 15.9 Å². The Kier molecular flexibility index (Phi) is 5.57. The van der Waals surface area contributed by atoms with Crippen molar-refractivity contribution in [1.29, 1.82) is 0 Å². The predicted molar refractivity (Wildman–Crippen MR) is 105 cm³/mol. The number of carbonyl (C=O) groups is 1. The maximum absolute atomic E-state index is 12.6. The Morgan fingerprint density at radius 1 is 1.19 bits per heavy atom. The molecule has 0 saturated carbocycles. The summed E-state index contributed by atoms with van der Waals surface area (Å²) in [6.45, 7) is 0. The molecule has 2 aromatic heterocycles. The van der Waals surface area contributed by atoms with Gasteiger partial charge in [-0.2, -0.15) is 0 Å².